The molecule has 1 amide bonds. The fraction of sp³-hybridized carbons (Fsp3) is 0.0435. The Morgan fingerprint density at radius 3 is 2.46 bits per heavy atom. The van der Waals surface area contributed by atoms with E-state index >= 15 is 0 Å². The molecule has 0 radical (unpaired) electrons. The predicted octanol–water partition coefficient (Wildman–Crippen LogP) is 5.04. The van der Waals surface area contributed by atoms with Gasteiger partial charge in [0.2, 0.25) is 0 Å². The number of nitrogens with one attached hydrogen (secondary N) is 1. The van der Waals surface area contributed by atoms with Crippen molar-refractivity contribution in [2.75, 3.05) is 11.9 Å². The van der Waals surface area contributed by atoms with Crippen molar-refractivity contribution in [2.24, 2.45) is 0 Å². The van der Waals surface area contributed by atoms with Gasteiger partial charge in [0.1, 0.15) is 17.0 Å². The molecule has 0 aliphatic rings. The Labute approximate surface area is 162 Å². The predicted molar refractivity (Wildman–Crippen MR) is 109 cm³/mol. The molecule has 1 aromatic heterocycles. The van der Waals surface area contributed by atoms with Crippen molar-refractivity contribution < 1.29 is 14.3 Å². The van der Waals surface area contributed by atoms with E-state index < -0.39 is 0 Å². The second kappa shape index (κ2) is 8.22. The molecule has 0 fully saturated rings. The zero-order chi connectivity index (χ0) is 19.2. The van der Waals surface area contributed by atoms with Crippen LogP contribution < -0.4 is 14.8 Å². The Morgan fingerprint density at radius 2 is 1.57 bits per heavy atom. The first-order valence-electron chi connectivity index (χ1n) is 8.88. The molecule has 0 aliphatic heterocycles. The van der Waals surface area contributed by atoms with E-state index in [1.807, 2.05) is 66.7 Å². The van der Waals surface area contributed by atoms with Gasteiger partial charge in [0, 0.05) is 11.6 Å². The number of fused-ring (bicyclic) bond motifs is 1. The number of pyridine rings is 1. The molecule has 4 aromatic rings. The Hall–Kier alpha value is -3.86. The van der Waals surface area contributed by atoms with Crippen molar-refractivity contribution in [3.63, 3.8) is 0 Å². The standard InChI is InChI=1S/C23H18N2O3/c26-22(16-27-21-14-6-8-17-9-7-15-24-23(17)21)25-19-12-4-5-13-20(19)28-18-10-2-1-3-11-18/h1-15H,16H2,(H,25,26). The van der Waals surface area contributed by atoms with Crippen LogP contribution in [0, 0.1) is 0 Å². The van der Waals surface area contributed by atoms with Gasteiger partial charge in [-0.25, -0.2) is 0 Å². The number of carbonyl (C=O) groups is 1. The molecular formula is C23H18N2O3. The zero-order valence-electron chi connectivity index (χ0n) is 15.0. The van der Waals surface area contributed by atoms with E-state index in [1.165, 1.54) is 0 Å². The molecule has 0 aliphatic carbocycles. The highest BCUT2D eigenvalue weighted by Gasteiger charge is 2.10. The van der Waals surface area contributed by atoms with E-state index in [-0.39, 0.29) is 12.5 Å². The fourth-order valence-electron chi connectivity index (χ4n) is 2.80. The third-order valence-corrected chi connectivity index (χ3v) is 4.09. The summed E-state index contributed by atoms with van der Waals surface area (Å²) < 4.78 is 11.6. The molecule has 5 nitrogen and oxygen atoms in total. The molecule has 0 unspecified atom stereocenters. The largest absolute Gasteiger partial charge is 0.481 e. The van der Waals surface area contributed by atoms with Crippen LogP contribution in [-0.2, 0) is 4.79 Å². The van der Waals surface area contributed by atoms with Crippen molar-refractivity contribution in [3.05, 3.63) is 91.1 Å². The SMILES string of the molecule is O=C(COc1cccc2cccnc12)Nc1ccccc1Oc1ccccc1. The maximum atomic E-state index is 12.4. The zero-order valence-corrected chi connectivity index (χ0v) is 15.0. The van der Waals surface area contributed by atoms with Crippen LogP contribution in [0.1, 0.15) is 0 Å². The van der Waals surface area contributed by atoms with Crippen molar-refractivity contribution in [2.45, 2.75) is 0 Å². The summed E-state index contributed by atoms with van der Waals surface area (Å²) in [6, 6.07) is 26.1. The van der Waals surface area contributed by atoms with Gasteiger partial charge in [-0.15, -0.1) is 0 Å². The molecule has 4 rings (SSSR count). The highest BCUT2D eigenvalue weighted by Crippen LogP contribution is 2.29. The minimum Gasteiger partial charge on any atom is -0.481 e. The maximum absolute atomic E-state index is 12.4. The van der Waals surface area contributed by atoms with E-state index in [0.717, 1.165) is 10.9 Å². The molecule has 0 bridgehead atoms. The molecule has 0 spiro atoms. The Morgan fingerprint density at radius 1 is 0.821 bits per heavy atom. The van der Waals surface area contributed by atoms with Crippen LogP contribution in [0.3, 0.4) is 0 Å². The van der Waals surface area contributed by atoms with Gasteiger partial charge >= 0.3 is 0 Å². The fourth-order valence-corrected chi connectivity index (χ4v) is 2.80. The molecular weight excluding hydrogens is 352 g/mol. The summed E-state index contributed by atoms with van der Waals surface area (Å²) in [5.74, 6) is 1.55. The van der Waals surface area contributed by atoms with Gasteiger partial charge in [0.15, 0.2) is 12.4 Å². The molecule has 1 N–H and O–H groups in total. The summed E-state index contributed by atoms with van der Waals surface area (Å²) in [4.78, 5) is 16.7. The van der Waals surface area contributed by atoms with Gasteiger partial charge in [-0.3, -0.25) is 9.78 Å². The lowest BCUT2D eigenvalue weighted by molar-refractivity contribution is -0.118. The normalized spacial score (nSPS) is 10.4. The minimum atomic E-state index is -0.281. The van der Waals surface area contributed by atoms with Crippen LogP contribution in [-0.4, -0.2) is 17.5 Å². The minimum absolute atomic E-state index is 0.130. The first kappa shape index (κ1) is 17.5. The second-order valence-corrected chi connectivity index (χ2v) is 6.08. The van der Waals surface area contributed by atoms with Gasteiger partial charge in [0.05, 0.1) is 5.69 Å². The summed E-state index contributed by atoms with van der Waals surface area (Å²) in [6.07, 6.45) is 1.70. The average molecular weight is 370 g/mol. The number of para-hydroxylation sites is 4. The van der Waals surface area contributed by atoms with Crippen LogP contribution in [0.4, 0.5) is 5.69 Å². The van der Waals surface area contributed by atoms with Crippen molar-refractivity contribution in [1.82, 2.24) is 4.98 Å². The van der Waals surface area contributed by atoms with Gasteiger partial charge in [-0.1, -0.05) is 48.5 Å². The molecule has 0 atom stereocenters. The first-order valence-corrected chi connectivity index (χ1v) is 8.88. The highest BCUT2D eigenvalue weighted by molar-refractivity contribution is 5.93. The number of hydrogen-bond acceptors (Lipinski definition) is 4. The van der Waals surface area contributed by atoms with Crippen LogP contribution in [0.25, 0.3) is 10.9 Å². The number of ether oxygens (including phenoxy) is 2. The van der Waals surface area contributed by atoms with Crippen molar-refractivity contribution in [3.8, 4) is 17.2 Å². The number of anilines is 1. The van der Waals surface area contributed by atoms with Crippen molar-refractivity contribution in [1.29, 1.82) is 0 Å². The smallest absolute Gasteiger partial charge is 0.262 e. The van der Waals surface area contributed by atoms with E-state index in [4.69, 9.17) is 9.47 Å². The van der Waals surface area contributed by atoms with Crippen LogP contribution in [0.15, 0.2) is 91.1 Å². The van der Waals surface area contributed by atoms with Crippen molar-refractivity contribution >= 4 is 22.5 Å². The average Bonchev–Trinajstić information content (AvgIpc) is 2.74. The third kappa shape index (κ3) is 4.10. The van der Waals surface area contributed by atoms with Crippen LogP contribution >= 0.6 is 0 Å². The number of carbonyl (C=O) groups excluding carboxylic acids is 1. The summed E-state index contributed by atoms with van der Waals surface area (Å²) in [6.45, 7) is -0.130. The Bertz CT molecular complexity index is 1090. The monoisotopic (exact) mass is 370 g/mol. The Kier molecular flexibility index (Phi) is 5.15. The molecule has 5 heteroatoms. The Balaban J connectivity index is 1.44. The molecule has 0 saturated heterocycles. The summed E-state index contributed by atoms with van der Waals surface area (Å²) in [5.41, 5.74) is 1.31. The van der Waals surface area contributed by atoms with E-state index in [1.54, 1.807) is 24.4 Å². The number of amides is 1. The topological polar surface area (TPSA) is 60.5 Å². The van der Waals surface area contributed by atoms with Gasteiger partial charge in [-0.05, 0) is 36.4 Å². The highest BCUT2D eigenvalue weighted by atomic mass is 16.5. The molecule has 138 valence electrons. The van der Waals surface area contributed by atoms with E-state index in [9.17, 15) is 4.79 Å². The van der Waals surface area contributed by atoms with Gasteiger partial charge in [0.25, 0.3) is 5.91 Å². The van der Waals surface area contributed by atoms with Gasteiger partial charge in [-0.2, -0.15) is 0 Å². The number of nitrogens with zero attached hydrogens (tertiary/aromatic N) is 1. The number of benzene rings is 3. The lowest BCUT2D eigenvalue weighted by Crippen LogP contribution is -2.20. The second-order valence-electron chi connectivity index (χ2n) is 6.08. The number of hydrogen-bond donors (Lipinski definition) is 1. The molecule has 3 aromatic carbocycles. The number of aromatic nitrogens is 1. The van der Waals surface area contributed by atoms with E-state index in [0.29, 0.717) is 22.9 Å². The van der Waals surface area contributed by atoms with E-state index in [2.05, 4.69) is 10.3 Å². The molecule has 28 heavy (non-hydrogen) atoms. The molecule has 1 heterocycles. The number of rotatable bonds is 6. The quantitative estimate of drug-likeness (QED) is 0.516. The van der Waals surface area contributed by atoms with Crippen LogP contribution in [0.5, 0.6) is 17.2 Å². The van der Waals surface area contributed by atoms with Crippen LogP contribution in [0.2, 0.25) is 0 Å². The molecule has 0 saturated carbocycles. The summed E-state index contributed by atoms with van der Waals surface area (Å²) in [5, 5.41) is 3.80. The third-order valence-electron chi connectivity index (χ3n) is 4.09. The lowest BCUT2D eigenvalue weighted by Gasteiger charge is -2.13. The lowest BCUT2D eigenvalue weighted by atomic mass is 10.2. The maximum Gasteiger partial charge on any atom is 0.262 e. The summed E-state index contributed by atoms with van der Waals surface area (Å²) in [7, 11) is 0. The summed E-state index contributed by atoms with van der Waals surface area (Å²) >= 11 is 0. The first-order chi connectivity index (χ1) is 13.8. The van der Waals surface area contributed by atoms with Gasteiger partial charge < -0.3 is 14.8 Å².